The van der Waals surface area contributed by atoms with Crippen molar-refractivity contribution in [3.8, 4) is 0 Å². The van der Waals surface area contributed by atoms with E-state index in [-0.39, 0.29) is 0 Å². The fourth-order valence-corrected chi connectivity index (χ4v) is 1.85. The highest BCUT2D eigenvalue weighted by atomic mass is 15.2. The summed E-state index contributed by atoms with van der Waals surface area (Å²) in [5, 5.41) is 4.16. The number of anilines is 1. The molecule has 0 aliphatic rings. The summed E-state index contributed by atoms with van der Waals surface area (Å²) in [5.41, 5.74) is 8.83. The second-order valence-corrected chi connectivity index (χ2v) is 4.05. The standard InChI is InChI=1S/C12H17N5/c1-16(8-10-7-15-17(2)9-10)12-4-3-5-14-11(12)6-13/h3-5,7,9H,6,8,13H2,1-2H3. The highest BCUT2D eigenvalue weighted by Gasteiger charge is 2.08. The summed E-state index contributed by atoms with van der Waals surface area (Å²) in [5.74, 6) is 0. The molecule has 0 saturated heterocycles. The van der Waals surface area contributed by atoms with Crippen LogP contribution in [0.15, 0.2) is 30.7 Å². The van der Waals surface area contributed by atoms with Gasteiger partial charge in [-0.3, -0.25) is 9.67 Å². The first kappa shape index (κ1) is 11.6. The van der Waals surface area contributed by atoms with E-state index in [2.05, 4.69) is 15.0 Å². The zero-order valence-electron chi connectivity index (χ0n) is 10.2. The normalized spacial score (nSPS) is 10.5. The van der Waals surface area contributed by atoms with E-state index in [1.54, 1.807) is 10.9 Å². The average Bonchev–Trinajstić information content (AvgIpc) is 2.74. The topological polar surface area (TPSA) is 60.0 Å². The second-order valence-electron chi connectivity index (χ2n) is 4.05. The first-order valence-electron chi connectivity index (χ1n) is 5.53. The zero-order valence-corrected chi connectivity index (χ0v) is 10.2. The van der Waals surface area contributed by atoms with Gasteiger partial charge in [-0.2, -0.15) is 5.10 Å². The van der Waals surface area contributed by atoms with Gasteiger partial charge in [0, 0.05) is 45.1 Å². The Labute approximate surface area is 101 Å². The van der Waals surface area contributed by atoms with Crippen LogP contribution in [0.25, 0.3) is 0 Å². The average molecular weight is 231 g/mol. The van der Waals surface area contributed by atoms with Crippen LogP contribution in [0.5, 0.6) is 0 Å². The molecule has 0 fully saturated rings. The van der Waals surface area contributed by atoms with E-state index in [9.17, 15) is 0 Å². The molecule has 2 N–H and O–H groups in total. The number of aromatic nitrogens is 3. The van der Waals surface area contributed by atoms with Crippen molar-refractivity contribution >= 4 is 5.69 Å². The van der Waals surface area contributed by atoms with Crippen molar-refractivity contribution in [3.63, 3.8) is 0 Å². The number of aryl methyl sites for hydroxylation is 1. The number of nitrogens with zero attached hydrogens (tertiary/aromatic N) is 4. The molecule has 17 heavy (non-hydrogen) atoms. The Balaban J connectivity index is 2.16. The lowest BCUT2D eigenvalue weighted by Crippen LogP contribution is -2.19. The Morgan fingerprint density at radius 2 is 2.29 bits per heavy atom. The van der Waals surface area contributed by atoms with E-state index >= 15 is 0 Å². The molecule has 0 spiro atoms. The quantitative estimate of drug-likeness (QED) is 0.849. The minimum absolute atomic E-state index is 0.452. The molecular formula is C12H17N5. The third-order valence-corrected chi connectivity index (χ3v) is 2.65. The molecule has 0 atom stereocenters. The fraction of sp³-hybridized carbons (Fsp3) is 0.333. The molecule has 2 aromatic rings. The minimum Gasteiger partial charge on any atom is -0.369 e. The van der Waals surface area contributed by atoms with E-state index in [1.165, 1.54) is 5.56 Å². The summed E-state index contributed by atoms with van der Waals surface area (Å²) >= 11 is 0. The van der Waals surface area contributed by atoms with Crippen LogP contribution in [-0.4, -0.2) is 21.8 Å². The molecule has 2 aromatic heterocycles. The molecule has 2 heterocycles. The van der Waals surface area contributed by atoms with Gasteiger partial charge in [0.2, 0.25) is 0 Å². The fourth-order valence-electron chi connectivity index (χ4n) is 1.85. The number of pyridine rings is 1. The van der Waals surface area contributed by atoms with Crippen molar-refractivity contribution in [2.24, 2.45) is 12.8 Å². The van der Waals surface area contributed by atoms with Crippen LogP contribution in [0.1, 0.15) is 11.3 Å². The molecule has 5 nitrogen and oxygen atoms in total. The summed E-state index contributed by atoms with van der Waals surface area (Å²) in [4.78, 5) is 6.41. The SMILES string of the molecule is CN(Cc1cnn(C)c1)c1cccnc1CN. The van der Waals surface area contributed by atoms with Gasteiger partial charge in [-0.15, -0.1) is 0 Å². The minimum atomic E-state index is 0.452. The lowest BCUT2D eigenvalue weighted by molar-refractivity contribution is 0.766. The Morgan fingerprint density at radius 3 is 2.94 bits per heavy atom. The highest BCUT2D eigenvalue weighted by Crippen LogP contribution is 2.18. The van der Waals surface area contributed by atoms with Crippen molar-refractivity contribution < 1.29 is 0 Å². The third kappa shape index (κ3) is 2.62. The van der Waals surface area contributed by atoms with Gasteiger partial charge in [0.1, 0.15) is 0 Å². The first-order valence-corrected chi connectivity index (χ1v) is 5.53. The van der Waals surface area contributed by atoms with Crippen molar-refractivity contribution in [2.75, 3.05) is 11.9 Å². The van der Waals surface area contributed by atoms with Crippen molar-refractivity contribution in [1.29, 1.82) is 0 Å². The van der Waals surface area contributed by atoms with Crippen LogP contribution in [0.2, 0.25) is 0 Å². The van der Waals surface area contributed by atoms with Crippen LogP contribution >= 0.6 is 0 Å². The van der Waals surface area contributed by atoms with Gasteiger partial charge in [0.05, 0.1) is 17.6 Å². The number of nitrogens with two attached hydrogens (primary N) is 1. The maximum absolute atomic E-state index is 5.68. The molecule has 5 heteroatoms. The molecule has 90 valence electrons. The Kier molecular flexibility index (Phi) is 3.39. The number of hydrogen-bond acceptors (Lipinski definition) is 4. The zero-order chi connectivity index (χ0) is 12.3. The van der Waals surface area contributed by atoms with E-state index in [0.29, 0.717) is 6.54 Å². The van der Waals surface area contributed by atoms with Gasteiger partial charge in [0.25, 0.3) is 0 Å². The van der Waals surface area contributed by atoms with Crippen LogP contribution in [0.3, 0.4) is 0 Å². The highest BCUT2D eigenvalue weighted by molar-refractivity contribution is 5.49. The Morgan fingerprint density at radius 1 is 1.47 bits per heavy atom. The largest absolute Gasteiger partial charge is 0.369 e. The van der Waals surface area contributed by atoms with Crippen LogP contribution in [0.4, 0.5) is 5.69 Å². The van der Waals surface area contributed by atoms with Crippen LogP contribution in [-0.2, 0) is 20.1 Å². The van der Waals surface area contributed by atoms with Crippen LogP contribution < -0.4 is 10.6 Å². The predicted molar refractivity (Wildman–Crippen MR) is 67.4 cm³/mol. The molecule has 0 aliphatic heterocycles. The summed E-state index contributed by atoms with van der Waals surface area (Å²) in [6.07, 6.45) is 5.65. The summed E-state index contributed by atoms with van der Waals surface area (Å²) in [6, 6.07) is 3.96. The smallest absolute Gasteiger partial charge is 0.0772 e. The summed E-state index contributed by atoms with van der Waals surface area (Å²) < 4.78 is 1.80. The van der Waals surface area contributed by atoms with Gasteiger partial charge in [-0.1, -0.05) is 0 Å². The third-order valence-electron chi connectivity index (χ3n) is 2.65. The predicted octanol–water partition coefficient (Wildman–Crippen LogP) is 0.910. The van der Waals surface area contributed by atoms with E-state index in [4.69, 9.17) is 5.73 Å². The molecule has 0 aromatic carbocycles. The molecule has 0 unspecified atom stereocenters. The van der Waals surface area contributed by atoms with Crippen molar-refractivity contribution in [3.05, 3.63) is 42.0 Å². The van der Waals surface area contributed by atoms with Gasteiger partial charge in [-0.25, -0.2) is 0 Å². The van der Waals surface area contributed by atoms with E-state index in [1.807, 2.05) is 38.6 Å². The van der Waals surface area contributed by atoms with Gasteiger partial charge in [-0.05, 0) is 12.1 Å². The Hall–Kier alpha value is -1.88. The molecular weight excluding hydrogens is 214 g/mol. The molecule has 0 aliphatic carbocycles. The molecule has 2 rings (SSSR count). The summed E-state index contributed by atoms with van der Waals surface area (Å²) in [6.45, 7) is 1.25. The van der Waals surface area contributed by atoms with Crippen molar-refractivity contribution in [2.45, 2.75) is 13.1 Å². The lowest BCUT2D eigenvalue weighted by Gasteiger charge is -2.20. The maximum atomic E-state index is 5.68. The van der Waals surface area contributed by atoms with E-state index in [0.717, 1.165) is 17.9 Å². The monoisotopic (exact) mass is 231 g/mol. The van der Waals surface area contributed by atoms with Crippen LogP contribution in [0, 0.1) is 0 Å². The lowest BCUT2D eigenvalue weighted by atomic mass is 10.2. The Bertz CT molecular complexity index is 491. The molecule has 0 bridgehead atoms. The van der Waals surface area contributed by atoms with Gasteiger partial charge >= 0.3 is 0 Å². The number of rotatable bonds is 4. The maximum Gasteiger partial charge on any atom is 0.0772 e. The molecule has 0 amide bonds. The van der Waals surface area contributed by atoms with E-state index < -0.39 is 0 Å². The van der Waals surface area contributed by atoms with Gasteiger partial charge < -0.3 is 10.6 Å². The van der Waals surface area contributed by atoms with Crippen molar-refractivity contribution in [1.82, 2.24) is 14.8 Å². The number of hydrogen-bond donors (Lipinski definition) is 1. The second kappa shape index (κ2) is 4.97. The molecule has 0 saturated carbocycles. The van der Waals surface area contributed by atoms with Gasteiger partial charge in [0.15, 0.2) is 0 Å². The first-order chi connectivity index (χ1) is 8.20. The summed E-state index contributed by atoms with van der Waals surface area (Å²) in [7, 11) is 3.95. The molecule has 0 radical (unpaired) electrons.